The molecule has 0 unspecified atom stereocenters. The Morgan fingerprint density at radius 3 is 2.48 bits per heavy atom. The number of cyclic esters (lactones) is 2. The maximum atomic E-state index is 13.7. The van der Waals surface area contributed by atoms with Gasteiger partial charge in [0, 0.05) is 25.3 Å². The van der Waals surface area contributed by atoms with Crippen LogP contribution in [0.1, 0.15) is 57.3 Å². The lowest BCUT2D eigenvalue weighted by Crippen LogP contribution is -2.49. The SMILES string of the molecule is C=CCOC(=O)C[C@@H]1CNC(=O)[C@@H](Cc2ccc(OC)c(Cl)c2)NC(=O)/C=C/C[C@@H]([C@H](C)[C@H]2O[C@@H]2c2ccccc2)OC(=O)[C@H](CC(C)C)OC1=O. The Labute approximate surface area is 309 Å². The van der Waals surface area contributed by atoms with E-state index in [9.17, 15) is 24.0 Å². The molecule has 1 saturated heterocycles. The topological polar surface area (TPSA) is 159 Å². The van der Waals surface area contributed by atoms with E-state index in [1.807, 2.05) is 51.1 Å². The normalized spacial score (nSPS) is 25.5. The van der Waals surface area contributed by atoms with Crippen molar-refractivity contribution in [1.29, 1.82) is 0 Å². The molecule has 2 aromatic carbocycles. The van der Waals surface area contributed by atoms with Gasteiger partial charge in [0.25, 0.3) is 0 Å². The number of esters is 3. The monoisotopic (exact) mass is 738 g/mol. The number of methoxy groups -OCH3 is 1. The van der Waals surface area contributed by atoms with Gasteiger partial charge in [0.1, 0.15) is 30.6 Å². The van der Waals surface area contributed by atoms with Crippen molar-refractivity contribution < 1.29 is 47.7 Å². The summed E-state index contributed by atoms with van der Waals surface area (Å²) < 4.78 is 28.1. The van der Waals surface area contributed by atoms with Crippen LogP contribution in [0, 0.1) is 17.8 Å². The molecule has 2 aromatic rings. The number of nitrogens with one attached hydrogen (secondary N) is 2. The molecule has 2 amide bonds. The van der Waals surface area contributed by atoms with Gasteiger partial charge in [-0.1, -0.05) is 87.5 Å². The summed E-state index contributed by atoms with van der Waals surface area (Å²) in [6.07, 6.45) is 1.57. The molecule has 52 heavy (non-hydrogen) atoms. The Kier molecular flexibility index (Phi) is 14.8. The predicted octanol–water partition coefficient (Wildman–Crippen LogP) is 4.83. The molecule has 2 heterocycles. The van der Waals surface area contributed by atoms with Crippen LogP contribution in [0.2, 0.25) is 5.02 Å². The Balaban J connectivity index is 1.65. The fraction of sp³-hybridized carbons (Fsp3) is 0.462. The van der Waals surface area contributed by atoms with Crippen molar-refractivity contribution in [2.75, 3.05) is 20.3 Å². The van der Waals surface area contributed by atoms with Gasteiger partial charge in [-0.2, -0.15) is 0 Å². The maximum absolute atomic E-state index is 13.7. The zero-order valence-corrected chi connectivity index (χ0v) is 30.6. The quantitative estimate of drug-likeness (QED) is 0.134. The molecule has 0 radical (unpaired) electrons. The summed E-state index contributed by atoms with van der Waals surface area (Å²) in [5, 5.41) is 5.71. The van der Waals surface area contributed by atoms with Crippen molar-refractivity contribution in [3.63, 3.8) is 0 Å². The number of ether oxygens (including phenoxy) is 5. The third kappa shape index (κ3) is 11.7. The summed E-state index contributed by atoms with van der Waals surface area (Å²) in [4.78, 5) is 66.9. The molecule has 13 heteroatoms. The average Bonchev–Trinajstić information content (AvgIpc) is 3.92. The molecule has 7 atom stereocenters. The zero-order chi connectivity index (χ0) is 37.8. The van der Waals surface area contributed by atoms with E-state index in [-0.39, 0.29) is 56.5 Å². The first-order valence-electron chi connectivity index (χ1n) is 17.3. The molecule has 1 fully saturated rings. The van der Waals surface area contributed by atoms with E-state index in [0.717, 1.165) is 5.56 Å². The summed E-state index contributed by atoms with van der Waals surface area (Å²) in [7, 11) is 1.48. The molecule has 0 spiro atoms. The summed E-state index contributed by atoms with van der Waals surface area (Å²) in [5.74, 6) is -4.78. The van der Waals surface area contributed by atoms with Crippen LogP contribution in [0.3, 0.4) is 0 Å². The van der Waals surface area contributed by atoms with Crippen LogP contribution in [0.15, 0.2) is 73.3 Å². The van der Waals surface area contributed by atoms with Crippen molar-refractivity contribution in [3.8, 4) is 5.75 Å². The first-order valence-corrected chi connectivity index (χ1v) is 17.7. The van der Waals surface area contributed by atoms with Crippen LogP contribution in [-0.2, 0) is 49.3 Å². The Bertz CT molecular complexity index is 1610. The number of epoxide rings is 1. The third-order valence-corrected chi connectivity index (χ3v) is 9.09. The highest BCUT2D eigenvalue weighted by Gasteiger charge is 2.47. The van der Waals surface area contributed by atoms with Gasteiger partial charge in [-0.15, -0.1) is 0 Å². The first-order chi connectivity index (χ1) is 24.9. The van der Waals surface area contributed by atoms with Gasteiger partial charge in [-0.05, 0) is 41.7 Å². The van der Waals surface area contributed by atoms with Crippen LogP contribution in [0.4, 0.5) is 0 Å². The van der Waals surface area contributed by atoms with Gasteiger partial charge in [0.05, 0.1) is 30.6 Å². The second-order valence-electron chi connectivity index (χ2n) is 13.3. The van der Waals surface area contributed by atoms with E-state index in [1.54, 1.807) is 24.3 Å². The minimum Gasteiger partial charge on any atom is -0.495 e. The lowest BCUT2D eigenvalue weighted by molar-refractivity contribution is -0.177. The molecule has 280 valence electrons. The van der Waals surface area contributed by atoms with Crippen LogP contribution < -0.4 is 15.4 Å². The first kappa shape index (κ1) is 40.1. The molecule has 4 rings (SSSR count). The molecule has 2 aliphatic rings. The summed E-state index contributed by atoms with van der Waals surface area (Å²) in [5.41, 5.74) is 1.61. The Morgan fingerprint density at radius 2 is 1.81 bits per heavy atom. The van der Waals surface area contributed by atoms with Crippen molar-refractivity contribution in [2.24, 2.45) is 17.8 Å². The molecule has 2 N–H and O–H groups in total. The minimum atomic E-state index is -1.30. The maximum Gasteiger partial charge on any atom is 0.347 e. The smallest absolute Gasteiger partial charge is 0.347 e. The van der Waals surface area contributed by atoms with Crippen LogP contribution in [0.25, 0.3) is 0 Å². The highest BCUT2D eigenvalue weighted by atomic mass is 35.5. The third-order valence-electron chi connectivity index (χ3n) is 8.79. The molecule has 0 saturated carbocycles. The molecule has 0 aromatic heterocycles. The number of halogens is 1. The van der Waals surface area contributed by atoms with E-state index >= 15 is 0 Å². The van der Waals surface area contributed by atoms with Gasteiger partial charge in [0.2, 0.25) is 11.8 Å². The molecule has 0 bridgehead atoms. The fourth-order valence-corrected chi connectivity index (χ4v) is 6.19. The van der Waals surface area contributed by atoms with Gasteiger partial charge < -0.3 is 34.3 Å². The summed E-state index contributed by atoms with van der Waals surface area (Å²) >= 11 is 6.33. The standard InChI is InChI=1S/C39H47ClN2O10/c1-6-17-49-34(44)21-27-22-41-37(45)29(20-25-15-16-31(48-5)28(40)19-25)42-33(43)14-10-13-30(50-39(47)32(18-23(2)3)51-38(27)46)24(4)35-36(52-35)26-11-8-7-9-12-26/h6-12,14-16,19,23-24,27,29-30,32,35-36H,1,13,17-18,20-22H2,2-5H3,(H,41,45)(H,42,43)/b14-10+/t24-,27+,29+,30-,32-,35+,36+/m0/s1. The van der Waals surface area contributed by atoms with Crippen molar-refractivity contribution in [2.45, 2.75) is 76.9 Å². The molecule has 12 nitrogen and oxygen atoms in total. The number of hydrogen-bond acceptors (Lipinski definition) is 10. The van der Waals surface area contributed by atoms with Crippen LogP contribution in [-0.4, -0.2) is 74.3 Å². The number of carbonyl (C=O) groups excluding carboxylic acids is 5. The number of carbonyl (C=O) groups is 5. The van der Waals surface area contributed by atoms with E-state index in [1.165, 1.54) is 19.3 Å². The van der Waals surface area contributed by atoms with Gasteiger partial charge in [0.15, 0.2) is 6.10 Å². The van der Waals surface area contributed by atoms with E-state index in [2.05, 4.69) is 17.2 Å². The van der Waals surface area contributed by atoms with E-state index in [0.29, 0.717) is 16.3 Å². The zero-order valence-electron chi connectivity index (χ0n) is 29.9. The minimum absolute atomic E-state index is 0.0409. The predicted molar refractivity (Wildman–Crippen MR) is 192 cm³/mol. The van der Waals surface area contributed by atoms with Gasteiger partial charge >= 0.3 is 17.9 Å². The van der Waals surface area contributed by atoms with Crippen molar-refractivity contribution in [1.82, 2.24) is 10.6 Å². The lowest BCUT2D eigenvalue weighted by Gasteiger charge is -2.27. The molecule has 0 aliphatic carbocycles. The van der Waals surface area contributed by atoms with Crippen LogP contribution in [0.5, 0.6) is 5.75 Å². The lowest BCUT2D eigenvalue weighted by atomic mass is 9.93. The summed E-state index contributed by atoms with van der Waals surface area (Å²) in [6, 6.07) is 13.6. The van der Waals surface area contributed by atoms with Crippen LogP contribution >= 0.6 is 11.6 Å². The second-order valence-corrected chi connectivity index (χ2v) is 13.7. The fourth-order valence-electron chi connectivity index (χ4n) is 5.91. The molecular weight excluding hydrogens is 692 g/mol. The Morgan fingerprint density at radius 1 is 1.06 bits per heavy atom. The Hall–Kier alpha value is -4.68. The number of benzene rings is 2. The highest BCUT2D eigenvalue weighted by Crippen LogP contribution is 2.45. The number of hydrogen-bond donors (Lipinski definition) is 2. The molecular formula is C39H47ClN2O10. The van der Waals surface area contributed by atoms with Gasteiger partial charge in [-0.25, -0.2) is 4.79 Å². The summed E-state index contributed by atoms with van der Waals surface area (Å²) in [6.45, 7) is 8.72. The number of amides is 2. The van der Waals surface area contributed by atoms with Crippen molar-refractivity contribution >= 4 is 41.3 Å². The highest BCUT2D eigenvalue weighted by molar-refractivity contribution is 6.32. The van der Waals surface area contributed by atoms with Gasteiger partial charge in [-0.3, -0.25) is 19.2 Å². The largest absolute Gasteiger partial charge is 0.495 e. The number of rotatable bonds is 12. The van der Waals surface area contributed by atoms with Crippen molar-refractivity contribution in [3.05, 3.63) is 89.5 Å². The van der Waals surface area contributed by atoms with E-state index < -0.39 is 60.3 Å². The molecule has 2 aliphatic heterocycles. The van der Waals surface area contributed by atoms with E-state index in [4.69, 9.17) is 35.3 Å². The second kappa shape index (κ2) is 19.2. The average molecular weight is 739 g/mol.